The number of amides is 1. The van der Waals surface area contributed by atoms with Crippen LogP contribution >= 0.6 is 0 Å². The first-order valence-electron chi connectivity index (χ1n) is 9.28. The summed E-state index contributed by atoms with van der Waals surface area (Å²) in [4.78, 5) is 25.8. The molecule has 2 aromatic carbocycles. The van der Waals surface area contributed by atoms with Crippen molar-refractivity contribution in [3.8, 4) is 5.75 Å². The van der Waals surface area contributed by atoms with E-state index >= 15 is 0 Å². The van der Waals surface area contributed by atoms with Crippen LogP contribution in [0.2, 0.25) is 0 Å². The van der Waals surface area contributed by atoms with Gasteiger partial charge in [0.05, 0.1) is 12.7 Å². The van der Waals surface area contributed by atoms with E-state index in [0.717, 1.165) is 32.4 Å². The van der Waals surface area contributed by atoms with Crippen molar-refractivity contribution in [2.75, 3.05) is 26.8 Å². The molecule has 0 spiro atoms. The molecule has 1 amide bonds. The number of methoxy groups -OCH3 is 1. The first kappa shape index (κ1) is 19.0. The number of ether oxygens (including phenoxy) is 2. The minimum Gasteiger partial charge on any atom is -0.484 e. The lowest BCUT2D eigenvalue weighted by atomic mass is 9.90. The lowest BCUT2D eigenvalue weighted by molar-refractivity contribution is -0.134. The second-order valence-corrected chi connectivity index (χ2v) is 6.82. The highest BCUT2D eigenvalue weighted by atomic mass is 16.5. The maximum Gasteiger partial charge on any atom is 0.337 e. The number of carbonyl (C=O) groups excluding carboxylic acids is 2. The number of hydrogen-bond acceptors (Lipinski definition) is 4. The molecule has 0 atom stereocenters. The molecule has 0 aromatic heterocycles. The second kappa shape index (κ2) is 9.21. The Kier molecular flexibility index (Phi) is 6.47. The zero-order valence-electron chi connectivity index (χ0n) is 15.6. The summed E-state index contributed by atoms with van der Waals surface area (Å²) in [6, 6.07) is 17.2. The van der Waals surface area contributed by atoms with Crippen molar-refractivity contribution in [3.05, 3.63) is 65.7 Å². The fourth-order valence-corrected chi connectivity index (χ4v) is 3.40. The van der Waals surface area contributed by atoms with Gasteiger partial charge in [-0.2, -0.15) is 0 Å². The molecule has 27 heavy (non-hydrogen) atoms. The second-order valence-electron chi connectivity index (χ2n) is 6.82. The van der Waals surface area contributed by atoms with E-state index in [1.54, 1.807) is 24.3 Å². The molecule has 1 saturated heterocycles. The van der Waals surface area contributed by atoms with Crippen LogP contribution in [0.15, 0.2) is 54.6 Å². The van der Waals surface area contributed by atoms with Crippen LogP contribution in [-0.4, -0.2) is 43.6 Å². The lowest BCUT2D eigenvalue weighted by Crippen LogP contribution is -2.41. The van der Waals surface area contributed by atoms with E-state index in [0.29, 0.717) is 17.2 Å². The normalized spacial score (nSPS) is 14.6. The number of rotatable bonds is 6. The van der Waals surface area contributed by atoms with Gasteiger partial charge in [-0.05, 0) is 48.9 Å². The monoisotopic (exact) mass is 367 g/mol. The zero-order valence-corrected chi connectivity index (χ0v) is 15.6. The Morgan fingerprint density at radius 3 is 2.48 bits per heavy atom. The number of nitrogens with zero attached hydrogens (tertiary/aromatic N) is 1. The molecular weight excluding hydrogens is 342 g/mol. The highest BCUT2D eigenvalue weighted by Crippen LogP contribution is 2.22. The van der Waals surface area contributed by atoms with Crippen LogP contribution in [0.25, 0.3) is 0 Å². The Balaban J connectivity index is 1.45. The van der Waals surface area contributed by atoms with Crippen molar-refractivity contribution in [3.63, 3.8) is 0 Å². The first-order chi connectivity index (χ1) is 13.2. The molecule has 0 aliphatic carbocycles. The third kappa shape index (κ3) is 5.33. The molecule has 1 fully saturated rings. The summed E-state index contributed by atoms with van der Waals surface area (Å²) in [7, 11) is 1.33. The zero-order chi connectivity index (χ0) is 19.1. The maximum atomic E-state index is 12.4. The van der Waals surface area contributed by atoms with Gasteiger partial charge in [0.25, 0.3) is 5.91 Å². The SMILES string of the molecule is COC(=O)c1cccc(OCC(=O)N2CCC(Cc3ccccc3)CC2)c1. The van der Waals surface area contributed by atoms with Crippen molar-refractivity contribution in [2.45, 2.75) is 19.3 Å². The van der Waals surface area contributed by atoms with Gasteiger partial charge in [-0.15, -0.1) is 0 Å². The minimum absolute atomic E-state index is 0.0170. The fraction of sp³-hybridized carbons (Fsp3) is 0.364. The maximum absolute atomic E-state index is 12.4. The minimum atomic E-state index is -0.424. The van der Waals surface area contributed by atoms with E-state index in [9.17, 15) is 9.59 Å². The standard InChI is InChI=1S/C22H25NO4/c1-26-22(25)19-8-5-9-20(15-19)27-16-21(24)23-12-10-18(11-13-23)14-17-6-3-2-4-7-17/h2-9,15,18H,10-14,16H2,1H3. The van der Waals surface area contributed by atoms with E-state index in [-0.39, 0.29) is 12.5 Å². The summed E-state index contributed by atoms with van der Waals surface area (Å²) in [6.45, 7) is 1.51. The fourth-order valence-electron chi connectivity index (χ4n) is 3.40. The summed E-state index contributed by atoms with van der Waals surface area (Å²) in [5, 5.41) is 0. The Labute approximate surface area is 159 Å². The molecule has 2 aromatic rings. The lowest BCUT2D eigenvalue weighted by Gasteiger charge is -2.32. The average molecular weight is 367 g/mol. The number of piperidine rings is 1. The van der Waals surface area contributed by atoms with Gasteiger partial charge in [-0.25, -0.2) is 4.79 Å². The third-order valence-electron chi connectivity index (χ3n) is 4.95. The number of likely N-dealkylation sites (tertiary alicyclic amines) is 1. The van der Waals surface area contributed by atoms with Gasteiger partial charge in [0, 0.05) is 13.1 Å². The summed E-state index contributed by atoms with van der Waals surface area (Å²) < 4.78 is 10.3. The van der Waals surface area contributed by atoms with Gasteiger partial charge in [0.2, 0.25) is 0 Å². The number of hydrogen-bond donors (Lipinski definition) is 0. The predicted molar refractivity (Wildman–Crippen MR) is 103 cm³/mol. The van der Waals surface area contributed by atoms with Gasteiger partial charge < -0.3 is 14.4 Å². The molecule has 1 aliphatic heterocycles. The Morgan fingerprint density at radius 1 is 1.04 bits per heavy atom. The van der Waals surface area contributed by atoms with Crippen LogP contribution in [0, 0.1) is 5.92 Å². The molecule has 0 N–H and O–H groups in total. The van der Waals surface area contributed by atoms with Gasteiger partial charge in [0.1, 0.15) is 5.75 Å². The Bertz CT molecular complexity index is 767. The van der Waals surface area contributed by atoms with Crippen molar-refractivity contribution in [2.24, 2.45) is 5.92 Å². The topological polar surface area (TPSA) is 55.8 Å². The van der Waals surface area contributed by atoms with Gasteiger partial charge >= 0.3 is 5.97 Å². The van der Waals surface area contributed by atoms with E-state index in [2.05, 4.69) is 24.3 Å². The Morgan fingerprint density at radius 2 is 1.78 bits per heavy atom. The quantitative estimate of drug-likeness (QED) is 0.735. The first-order valence-corrected chi connectivity index (χ1v) is 9.28. The van der Waals surface area contributed by atoms with Gasteiger partial charge in [0.15, 0.2) is 6.61 Å². The third-order valence-corrected chi connectivity index (χ3v) is 4.95. The van der Waals surface area contributed by atoms with Gasteiger partial charge in [-0.1, -0.05) is 36.4 Å². The van der Waals surface area contributed by atoms with E-state index in [1.807, 2.05) is 11.0 Å². The molecular formula is C22H25NO4. The molecule has 5 nitrogen and oxygen atoms in total. The molecule has 0 unspecified atom stereocenters. The Hall–Kier alpha value is -2.82. The van der Waals surface area contributed by atoms with E-state index < -0.39 is 5.97 Å². The van der Waals surface area contributed by atoms with E-state index in [1.165, 1.54) is 12.7 Å². The predicted octanol–water partition coefficient (Wildman–Crippen LogP) is 3.33. The molecule has 0 radical (unpaired) electrons. The summed E-state index contributed by atoms with van der Waals surface area (Å²) >= 11 is 0. The van der Waals surface area contributed by atoms with Crippen LogP contribution in [0.1, 0.15) is 28.8 Å². The van der Waals surface area contributed by atoms with Crippen molar-refractivity contribution in [1.29, 1.82) is 0 Å². The molecule has 1 heterocycles. The highest BCUT2D eigenvalue weighted by molar-refractivity contribution is 5.89. The molecule has 0 bridgehead atoms. The summed E-state index contributed by atoms with van der Waals surface area (Å²) in [6.07, 6.45) is 3.09. The number of benzene rings is 2. The van der Waals surface area contributed by atoms with Crippen molar-refractivity contribution in [1.82, 2.24) is 4.90 Å². The van der Waals surface area contributed by atoms with Crippen LogP contribution in [0.4, 0.5) is 0 Å². The molecule has 142 valence electrons. The molecule has 0 saturated carbocycles. The van der Waals surface area contributed by atoms with Crippen LogP contribution in [0.3, 0.4) is 0 Å². The van der Waals surface area contributed by atoms with E-state index in [4.69, 9.17) is 9.47 Å². The molecule has 3 rings (SSSR count). The van der Waals surface area contributed by atoms with Crippen LogP contribution in [-0.2, 0) is 16.0 Å². The molecule has 1 aliphatic rings. The van der Waals surface area contributed by atoms with Crippen LogP contribution < -0.4 is 4.74 Å². The smallest absolute Gasteiger partial charge is 0.337 e. The summed E-state index contributed by atoms with van der Waals surface area (Å²) in [5.74, 6) is 0.670. The van der Waals surface area contributed by atoms with Crippen molar-refractivity contribution < 1.29 is 19.1 Å². The summed E-state index contributed by atoms with van der Waals surface area (Å²) in [5.41, 5.74) is 1.76. The van der Waals surface area contributed by atoms with Crippen LogP contribution in [0.5, 0.6) is 5.75 Å². The molecule has 5 heteroatoms. The number of esters is 1. The largest absolute Gasteiger partial charge is 0.484 e. The van der Waals surface area contributed by atoms with Gasteiger partial charge in [-0.3, -0.25) is 4.79 Å². The highest BCUT2D eigenvalue weighted by Gasteiger charge is 2.23. The van der Waals surface area contributed by atoms with Crippen molar-refractivity contribution >= 4 is 11.9 Å². The average Bonchev–Trinajstić information content (AvgIpc) is 2.73. The number of carbonyl (C=O) groups is 2.